The summed E-state index contributed by atoms with van der Waals surface area (Å²) in [4.78, 5) is 13.6. The van der Waals surface area contributed by atoms with Gasteiger partial charge in [0.15, 0.2) is 5.78 Å². The lowest BCUT2D eigenvalue weighted by atomic mass is 9.92. The monoisotopic (exact) mass is 512 g/mol. The zero-order valence-electron chi connectivity index (χ0n) is 16.1. The molecule has 0 radical (unpaired) electrons. The van der Waals surface area contributed by atoms with E-state index in [4.69, 9.17) is 4.42 Å². The molecule has 0 aliphatic heterocycles. The molecule has 1 N–H and O–H groups in total. The summed E-state index contributed by atoms with van der Waals surface area (Å²) in [6.07, 6.45) is 0. The van der Waals surface area contributed by atoms with Crippen LogP contribution in [0.2, 0.25) is 0 Å². The summed E-state index contributed by atoms with van der Waals surface area (Å²) in [7, 11) is 0. The topological polar surface area (TPSA) is 50.4 Å². The van der Waals surface area contributed by atoms with Gasteiger partial charge < -0.3 is 9.52 Å². The largest absolute Gasteiger partial charge is 0.506 e. The van der Waals surface area contributed by atoms with Crippen LogP contribution in [0.25, 0.3) is 22.3 Å². The van der Waals surface area contributed by atoms with Gasteiger partial charge in [-0.1, -0.05) is 35.9 Å². The van der Waals surface area contributed by atoms with E-state index in [9.17, 15) is 9.90 Å². The molecular weight excluding hydrogens is 496 g/mol. The Balaban J connectivity index is 2.03. The number of hydrogen-bond donors (Lipinski definition) is 1. The fraction of sp³-hybridized carbons (Fsp3) is 0.125. The average molecular weight is 514 g/mol. The highest BCUT2D eigenvalue weighted by atomic mass is 79.9. The number of phenols is 1. The molecule has 0 amide bonds. The van der Waals surface area contributed by atoms with Gasteiger partial charge in [0.25, 0.3) is 0 Å². The second-order valence-electron chi connectivity index (χ2n) is 7.19. The van der Waals surface area contributed by atoms with Crippen molar-refractivity contribution in [3.05, 3.63) is 85.3 Å². The summed E-state index contributed by atoms with van der Waals surface area (Å²) in [6.45, 7) is 6.12. The fourth-order valence-electron chi connectivity index (χ4n) is 3.83. The van der Waals surface area contributed by atoms with E-state index in [1.165, 1.54) is 5.56 Å². The van der Waals surface area contributed by atoms with Crippen molar-refractivity contribution in [1.82, 2.24) is 0 Å². The van der Waals surface area contributed by atoms with Gasteiger partial charge in [0.05, 0.1) is 14.5 Å². The number of aromatic hydroxyl groups is 1. The van der Waals surface area contributed by atoms with Crippen LogP contribution in [0.3, 0.4) is 0 Å². The third-order valence-corrected chi connectivity index (χ3v) is 6.21. The maximum atomic E-state index is 13.6. The van der Waals surface area contributed by atoms with Crippen molar-refractivity contribution in [2.24, 2.45) is 0 Å². The molecule has 146 valence electrons. The number of carbonyl (C=O) groups excluding carboxylic acids is 1. The van der Waals surface area contributed by atoms with Crippen molar-refractivity contribution in [2.75, 3.05) is 0 Å². The molecular formula is C24H18Br2O3. The van der Waals surface area contributed by atoms with E-state index in [0.717, 1.165) is 22.1 Å². The van der Waals surface area contributed by atoms with Gasteiger partial charge in [0.2, 0.25) is 0 Å². The normalized spacial score (nSPS) is 11.2. The Kier molecular flexibility index (Phi) is 5.13. The van der Waals surface area contributed by atoms with Crippen LogP contribution in [0.5, 0.6) is 5.75 Å². The van der Waals surface area contributed by atoms with E-state index in [2.05, 4.69) is 50.9 Å². The summed E-state index contributed by atoms with van der Waals surface area (Å²) in [6, 6.07) is 15.0. The number of hydrogen-bond acceptors (Lipinski definition) is 3. The SMILES string of the molecule is Cc1cc(C)c(-c2oc3ccccc3c2C(=O)c2cc(Br)c(O)c(Br)c2)c(C)c1. The molecule has 3 aromatic carbocycles. The predicted octanol–water partition coefficient (Wildman–Crippen LogP) is 7.49. The van der Waals surface area contributed by atoms with Gasteiger partial charge in [-0.2, -0.15) is 0 Å². The average Bonchev–Trinajstić information content (AvgIpc) is 3.03. The number of para-hydroxylation sites is 1. The predicted molar refractivity (Wildman–Crippen MR) is 123 cm³/mol. The zero-order valence-corrected chi connectivity index (χ0v) is 19.3. The molecule has 0 aliphatic rings. The number of fused-ring (bicyclic) bond motifs is 1. The van der Waals surface area contributed by atoms with Crippen molar-refractivity contribution in [3.8, 4) is 17.1 Å². The molecule has 29 heavy (non-hydrogen) atoms. The molecule has 0 unspecified atom stereocenters. The summed E-state index contributed by atoms with van der Waals surface area (Å²) >= 11 is 6.63. The van der Waals surface area contributed by atoms with Crippen LogP contribution in [-0.2, 0) is 0 Å². The summed E-state index contributed by atoms with van der Waals surface area (Å²) in [5.74, 6) is 0.473. The Labute approximate surface area is 185 Å². The van der Waals surface area contributed by atoms with Crippen LogP contribution >= 0.6 is 31.9 Å². The molecule has 1 heterocycles. The maximum absolute atomic E-state index is 13.6. The van der Waals surface area contributed by atoms with E-state index < -0.39 is 0 Å². The first-order valence-corrected chi connectivity index (χ1v) is 10.7. The first kappa shape index (κ1) is 19.9. The Bertz CT molecular complexity index is 1240. The highest BCUT2D eigenvalue weighted by molar-refractivity contribution is 9.11. The van der Waals surface area contributed by atoms with Crippen LogP contribution in [0.1, 0.15) is 32.6 Å². The van der Waals surface area contributed by atoms with Crippen LogP contribution in [0, 0.1) is 20.8 Å². The molecule has 0 bridgehead atoms. The molecule has 0 saturated heterocycles. The molecule has 0 atom stereocenters. The number of halogens is 2. The van der Waals surface area contributed by atoms with Gasteiger partial charge in [-0.15, -0.1) is 0 Å². The smallest absolute Gasteiger partial charge is 0.197 e. The fourth-order valence-corrected chi connectivity index (χ4v) is 5.01. The molecule has 4 aromatic rings. The Morgan fingerprint density at radius 2 is 1.52 bits per heavy atom. The number of ketones is 1. The van der Waals surface area contributed by atoms with Gasteiger partial charge in [-0.25, -0.2) is 0 Å². The quantitative estimate of drug-likeness (QED) is 0.289. The van der Waals surface area contributed by atoms with Crippen molar-refractivity contribution in [3.63, 3.8) is 0 Å². The third kappa shape index (κ3) is 3.43. The van der Waals surface area contributed by atoms with E-state index in [0.29, 0.717) is 31.4 Å². The minimum atomic E-state index is -0.161. The summed E-state index contributed by atoms with van der Waals surface area (Å²) < 4.78 is 7.12. The lowest BCUT2D eigenvalue weighted by molar-refractivity contribution is 0.104. The van der Waals surface area contributed by atoms with Crippen LogP contribution in [-0.4, -0.2) is 10.9 Å². The Morgan fingerprint density at radius 3 is 2.14 bits per heavy atom. The molecule has 3 nitrogen and oxygen atoms in total. The third-order valence-electron chi connectivity index (χ3n) is 5.01. The molecule has 0 spiro atoms. The van der Waals surface area contributed by atoms with Gasteiger partial charge in [-0.3, -0.25) is 4.79 Å². The highest BCUT2D eigenvalue weighted by Gasteiger charge is 2.26. The van der Waals surface area contributed by atoms with Crippen molar-refractivity contribution in [2.45, 2.75) is 20.8 Å². The minimum Gasteiger partial charge on any atom is -0.506 e. The lowest BCUT2D eigenvalue weighted by Crippen LogP contribution is -2.04. The lowest BCUT2D eigenvalue weighted by Gasteiger charge is -2.11. The van der Waals surface area contributed by atoms with Gasteiger partial charge >= 0.3 is 0 Å². The van der Waals surface area contributed by atoms with E-state index in [-0.39, 0.29) is 11.5 Å². The summed E-state index contributed by atoms with van der Waals surface area (Å²) in [5, 5.41) is 10.8. The molecule has 0 fully saturated rings. The first-order valence-electron chi connectivity index (χ1n) is 9.10. The number of carbonyl (C=O) groups is 1. The van der Waals surface area contributed by atoms with E-state index >= 15 is 0 Å². The molecule has 1 aromatic heterocycles. The number of benzene rings is 3. The van der Waals surface area contributed by atoms with E-state index in [1.54, 1.807) is 12.1 Å². The molecule has 0 aliphatic carbocycles. The van der Waals surface area contributed by atoms with Crippen molar-refractivity contribution < 1.29 is 14.3 Å². The van der Waals surface area contributed by atoms with Crippen LogP contribution in [0.4, 0.5) is 0 Å². The first-order chi connectivity index (χ1) is 13.8. The van der Waals surface area contributed by atoms with E-state index in [1.807, 2.05) is 38.1 Å². The molecule has 5 heteroatoms. The minimum absolute atomic E-state index is 0.0593. The second-order valence-corrected chi connectivity index (χ2v) is 8.90. The second kappa shape index (κ2) is 7.47. The number of aryl methyl sites for hydroxylation is 3. The Hall–Kier alpha value is -2.37. The zero-order chi connectivity index (χ0) is 20.9. The molecule has 4 rings (SSSR count). The molecule has 0 saturated carbocycles. The van der Waals surface area contributed by atoms with Crippen molar-refractivity contribution >= 4 is 48.6 Å². The number of furan rings is 1. The van der Waals surface area contributed by atoms with Gasteiger partial charge in [-0.05, 0) is 82.0 Å². The van der Waals surface area contributed by atoms with Crippen molar-refractivity contribution in [1.29, 1.82) is 0 Å². The van der Waals surface area contributed by atoms with Crippen LogP contribution < -0.4 is 0 Å². The number of phenolic OH excluding ortho intramolecular Hbond substituents is 1. The van der Waals surface area contributed by atoms with Gasteiger partial charge in [0, 0.05) is 16.5 Å². The maximum Gasteiger partial charge on any atom is 0.197 e. The highest BCUT2D eigenvalue weighted by Crippen LogP contribution is 2.40. The Morgan fingerprint density at radius 1 is 0.931 bits per heavy atom. The summed E-state index contributed by atoms with van der Waals surface area (Å²) in [5.41, 5.74) is 5.87. The van der Waals surface area contributed by atoms with Gasteiger partial charge in [0.1, 0.15) is 17.1 Å². The standard InChI is InChI=1S/C24H18Br2O3/c1-12-8-13(2)20(14(3)9-12)24-21(16-6-4-5-7-19(16)29-24)22(27)15-10-17(25)23(28)18(26)11-15/h4-11,28H,1-3H3. The van der Waals surface area contributed by atoms with Crippen LogP contribution in [0.15, 0.2) is 61.9 Å². The number of rotatable bonds is 3.